The highest BCUT2D eigenvalue weighted by atomic mass is 16.5. The lowest BCUT2D eigenvalue weighted by molar-refractivity contribution is 0.0737. The van der Waals surface area contributed by atoms with Crippen LogP contribution in [0.3, 0.4) is 0 Å². The first kappa shape index (κ1) is 21.3. The van der Waals surface area contributed by atoms with Gasteiger partial charge in [0, 0.05) is 48.0 Å². The zero-order valence-corrected chi connectivity index (χ0v) is 19.1. The first-order valence-corrected chi connectivity index (χ1v) is 11.4. The fraction of sp³-hybridized carbons (Fsp3) is 0.296. The van der Waals surface area contributed by atoms with E-state index in [0.29, 0.717) is 31.9 Å². The molecule has 0 N–H and O–H groups in total. The molecule has 0 saturated carbocycles. The zero-order chi connectivity index (χ0) is 22.8. The summed E-state index contributed by atoms with van der Waals surface area (Å²) in [7, 11) is 0. The van der Waals surface area contributed by atoms with Crippen molar-refractivity contribution in [3.8, 4) is 5.69 Å². The van der Waals surface area contributed by atoms with Crippen LogP contribution in [0.5, 0.6) is 0 Å². The summed E-state index contributed by atoms with van der Waals surface area (Å²) in [5.74, 6) is 0.286. The van der Waals surface area contributed by atoms with Gasteiger partial charge in [0.15, 0.2) is 0 Å². The van der Waals surface area contributed by atoms with Crippen LogP contribution in [0.2, 0.25) is 0 Å². The number of fused-ring (bicyclic) bond motifs is 1. The number of carbonyl (C=O) groups is 1. The summed E-state index contributed by atoms with van der Waals surface area (Å²) in [6.45, 7) is 6.49. The van der Waals surface area contributed by atoms with E-state index in [9.17, 15) is 4.79 Å². The number of amides is 1. The molecule has 1 fully saturated rings. The smallest absolute Gasteiger partial charge is 0.254 e. The Bertz CT molecular complexity index is 1300. The van der Waals surface area contributed by atoms with E-state index in [1.807, 2.05) is 72.2 Å². The van der Waals surface area contributed by atoms with Gasteiger partial charge in [0.05, 0.1) is 24.6 Å². The second kappa shape index (κ2) is 9.16. The quantitative estimate of drug-likeness (QED) is 0.473. The predicted octanol–water partition coefficient (Wildman–Crippen LogP) is 4.37. The molecule has 1 atom stereocenters. The molecule has 168 valence electrons. The molecule has 6 heteroatoms. The lowest BCUT2D eigenvalue weighted by Gasteiger charge is -2.24. The summed E-state index contributed by atoms with van der Waals surface area (Å²) in [5, 5.41) is 6.88. The Labute approximate surface area is 193 Å². The lowest BCUT2D eigenvalue weighted by Crippen LogP contribution is -2.36. The normalized spacial score (nSPS) is 16.7. The Hall–Kier alpha value is -3.51. The molecule has 33 heavy (non-hydrogen) atoms. The van der Waals surface area contributed by atoms with E-state index < -0.39 is 0 Å². The minimum Gasteiger partial charge on any atom is -0.379 e. The van der Waals surface area contributed by atoms with Gasteiger partial charge in [-0.05, 0) is 61.5 Å². The van der Waals surface area contributed by atoms with Crippen molar-refractivity contribution < 1.29 is 9.53 Å². The highest BCUT2D eigenvalue weighted by molar-refractivity contribution is 5.94. The van der Waals surface area contributed by atoms with Gasteiger partial charge >= 0.3 is 0 Å². The van der Waals surface area contributed by atoms with Crippen LogP contribution >= 0.6 is 0 Å². The Morgan fingerprint density at radius 2 is 2.00 bits per heavy atom. The van der Waals surface area contributed by atoms with Crippen LogP contribution in [0.15, 0.2) is 67.0 Å². The maximum Gasteiger partial charge on any atom is 0.254 e. The van der Waals surface area contributed by atoms with Crippen LogP contribution in [0.25, 0.3) is 16.5 Å². The monoisotopic (exact) mass is 440 g/mol. The third-order valence-electron chi connectivity index (χ3n) is 6.20. The average Bonchev–Trinajstić information content (AvgIpc) is 3.02. The van der Waals surface area contributed by atoms with Crippen LogP contribution in [0.4, 0.5) is 0 Å². The molecule has 5 rings (SSSR count). The number of rotatable bonds is 4. The average molecular weight is 441 g/mol. The van der Waals surface area contributed by atoms with Gasteiger partial charge in [0.25, 0.3) is 5.91 Å². The molecule has 4 aromatic rings. The molecule has 1 aliphatic heterocycles. The summed E-state index contributed by atoms with van der Waals surface area (Å²) in [4.78, 5) is 19.6. The topological polar surface area (TPSA) is 60.2 Å². The summed E-state index contributed by atoms with van der Waals surface area (Å²) in [6, 6.07) is 18.3. The molecule has 0 spiro atoms. The predicted molar refractivity (Wildman–Crippen MR) is 129 cm³/mol. The summed E-state index contributed by atoms with van der Waals surface area (Å²) < 4.78 is 7.76. The van der Waals surface area contributed by atoms with Crippen molar-refractivity contribution in [1.82, 2.24) is 19.7 Å². The number of carbonyl (C=O) groups excluding carboxylic acids is 1. The standard InChI is InChI=1S/C27H28N4O2/c1-19-12-20(2)31(29-19)26-5-3-4-24(15-26)27(32)30-10-11-33-18-22(17-30)13-21-6-7-25-16-28-9-8-23(25)14-21/h3-9,12,14-16,22H,10-11,13,17-18H2,1-2H3. The maximum atomic E-state index is 13.4. The van der Waals surface area contributed by atoms with E-state index in [0.717, 1.165) is 28.9 Å². The van der Waals surface area contributed by atoms with Crippen molar-refractivity contribution in [3.63, 3.8) is 0 Å². The molecule has 0 radical (unpaired) electrons. The van der Waals surface area contributed by atoms with Gasteiger partial charge in [-0.25, -0.2) is 4.68 Å². The minimum absolute atomic E-state index is 0.0402. The SMILES string of the molecule is Cc1cc(C)n(-c2cccc(C(=O)N3CCOCC(Cc4ccc5cnccc5c4)C3)c2)n1. The summed E-state index contributed by atoms with van der Waals surface area (Å²) in [5.41, 5.74) is 4.84. The highest BCUT2D eigenvalue weighted by Gasteiger charge is 2.24. The molecule has 2 aromatic heterocycles. The fourth-order valence-corrected chi connectivity index (χ4v) is 4.62. The van der Waals surface area contributed by atoms with Crippen molar-refractivity contribution in [2.24, 2.45) is 5.92 Å². The molecule has 6 nitrogen and oxygen atoms in total. The van der Waals surface area contributed by atoms with Crippen LogP contribution in [-0.2, 0) is 11.2 Å². The van der Waals surface area contributed by atoms with E-state index in [1.165, 1.54) is 10.9 Å². The fourth-order valence-electron chi connectivity index (χ4n) is 4.62. The van der Waals surface area contributed by atoms with Gasteiger partial charge in [0.2, 0.25) is 0 Å². The number of benzene rings is 2. The molecule has 1 aliphatic rings. The van der Waals surface area contributed by atoms with Crippen molar-refractivity contribution in [3.05, 3.63) is 89.5 Å². The van der Waals surface area contributed by atoms with Crippen LogP contribution in [0, 0.1) is 19.8 Å². The van der Waals surface area contributed by atoms with Gasteiger partial charge in [0.1, 0.15) is 0 Å². The summed E-state index contributed by atoms with van der Waals surface area (Å²) in [6.07, 6.45) is 4.57. The number of nitrogens with zero attached hydrogens (tertiary/aromatic N) is 4. The molecule has 0 bridgehead atoms. The molecule has 1 unspecified atom stereocenters. The van der Waals surface area contributed by atoms with E-state index in [1.54, 1.807) is 0 Å². The molecule has 1 amide bonds. The number of hydrogen-bond acceptors (Lipinski definition) is 4. The van der Waals surface area contributed by atoms with Crippen LogP contribution in [-0.4, -0.2) is 51.9 Å². The largest absolute Gasteiger partial charge is 0.379 e. The second-order valence-electron chi connectivity index (χ2n) is 8.84. The minimum atomic E-state index is 0.0402. The number of aromatic nitrogens is 3. The molecular formula is C27H28N4O2. The molecule has 0 aliphatic carbocycles. The highest BCUT2D eigenvalue weighted by Crippen LogP contribution is 2.21. The maximum absolute atomic E-state index is 13.4. The molecule has 1 saturated heterocycles. The zero-order valence-electron chi connectivity index (χ0n) is 19.1. The Balaban J connectivity index is 1.33. The third-order valence-corrected chi connectivity index (χ3v) is 6.20. The van der Waals surface area contributed by atoms with Crippen LogP contribution in [0.1, 0.15) is 27.3 Å². The van der Waals surface area contributed by atoms with Crippen molar-refractivity contribution in [2.75, 3.05) is 26.3 Å². The van der Waals surface area contributed by atoms with Gasteiger partial charge < -0.3 is 9.64 Å². The first-order valence-electron chi connectivity index (χ1n) is 11.4. The Morgan fingerprint density at radius 1 is 1.09 bits per heavy atom. The van der Waals surface area contributed by atoms with Crippen molar-refractivity contribution in [2.45, 2.75) is 20.3 Å². The Morgan fingerprint density at radius 3 is 2.85 bits per heavy atom. The van der Waals surface area contributed by atoms with Gasteiger partial charge in [-0.15, -0.1) is 0 Å². The lowest BCUT2D eigenvalue weighted by atomic mass is 9.97. The molecule has 2 aromatic carbocycles. The first-order chi connectivity index (χ1) is 16.1. The van der Waals surface area contributed by atoms with Gasteiger partial charge in [-0.1, -0.05) is 24.3 Å². The Kier molecular flexibility index (Phi) is 5.92. The number of ether oxygens (including phenoxy) is 1. The van der Waals surface area contributed by atoms with Crippen molar-refractivity contribution in [1.29, 1.82) is 0 Å². The van der Waals surface area contributed by atoms with Crippen LogP contribution < -0.4 is 0 Å². The van der Waals surface area contributed by atoms with E-state index >= 15 is 0 Å². The van der Waals surface area contributed by atoms with E-state index in [4.69, 9.17) is 4.74 Å². The molecular weight excluding hydrogens is 412 g/mol. The number of aryl methyl sites for hydroxylation is 2. The number of pyridine rings is 1. The van der Waals surface area contributed by atoms with E-state index in [-0.39, 0.29) is 11.8 Å². The summed E-state index contributed by atoms with van der Waals surface area (Å²) >= 11 is 0. The number of hydrogen-bond donors (Lipinski definition) is 0. The molecule has 3 heterocycles. The van der Waals surface area contributed by atoms with Gasteiger partial charge in [-0.2, -0.15) is 5.10 Å². The van der Waals surface area contributed by atoms with Crippen molar-refractivity contribution >= 4 is 16.7 Å². The van der Waals surface area contributed by atoms with E-state index in [2.05, 4.69) is 28.3 Å². The van der Waals surface area contributed by atoms with Gasteiger partial charge in [-0.3, -0.25) is 9.78 Å². The third kappa shape index (κ3) is 4.66. The second-order valence-corrected chi connectivity index (χ2v) is 8.84.